The van der Waals surface area contributed by atoms with E-state index in [0.717, 1.165) is 25.8 Å². The van der Waals surface area contributed by atoms with Gasteiger partial charge in [0.05, 0.1) is 0 Å². The average Bonchev–Trinajstić information content (AvgIpc) is 2.78. The van der Waals surface area contributed by atoms with E-state index < -0.39 is 0 Å². The molecular formula is C14H23N3O2. The molecule has 1 aliphatic carbocycles. The van der Waals surface area contributed by atoms with Crippen LogP contribution in [0.1, 0.15) is 40.0 Å². The molecule has 0 unspecified atom stereocenters. The molecule has 0 aromatic rings. The Morgan fingerprint density at radius 2 is 2.05 bits per heavy atom. The van der Waals surface area contributed by atoms with Crippen LogP contribution in [0.5, 0.6) is 0 Å². The molecule has 106 valence electrons. The van der Waals surface area contributed by atoms with Crippen LogP contribution in [-0.2, 0) is 0 Å². The predicted molar refractivity (Wildman–Crippen MR) is 71.7 cm³/mol. The second kappa shape index (κ2) is 3.87. The Kier molecular flexibility index (Phi) is 2.60. The summed E-state index contributed by atoms with van der Waals surface area (Å²) in [6.07, 6.45) is 3.29. The largest absolute Gasteiger partial charge is 0.336 e. The average molecular weight is 265 g/mol. The standard InChI is InChI=1S/C14H23N3O2/c1-13(2)6-10-7-14(3,8-13)9-17(10)12(19)16-5-4-15-11(16)18/h10H,4-9H2,1-3H3,(H,15,18)/t10-,14+/m0/s1. The van der Waals surface area contributed by atoms with E-state index in [2.05, 4.69) is 26.1 Å². The number of carbonyl (C=O) groups excluding carboxylic acids is 2. The number of likely N-dealkylation sites (tertiary alicyclic amines) is 1. The summed E-state index contributed by atoms with van der Waals surface area (Å²) >= 11 is 0. The zero-order valence-corrected chi connectivity index (χ0v) is 12.0. The number of nitrogens with one attached hydrogen (secondary N) is 1. The molecule has 2 aliphatic heterocycles. The molecule has 5 nitrogen and oxygen atoms in total. The van der Waals surface area contributed by atoms with E-state index in [1.165, 1.54) is 4.90 Å². The number of rotatable bonds is 0. The Morgan fingerprint density at radius 3 is 2.68 bits per heavy atom. The molecule has 3 aliphatic rings. The minimum absolute atomic E-state index is 0.0959. The van der Waals surface area contributed by atoms with Crippen molar-refractivity contribution in [2.24, 2.45) is 10.8 Å². The Bertz CT molecular complexity index is 434. The molecule has 3 rings (SSSR count). The summed E-state index contributed by atoms with van der Waals surface area (Å²) in [6.45, 7) is 8.72. The molecule has 2 atom stereocenters. The summed E-state index contributed by atoms with van der Waals surface area (Å²) in [6, 6.07) is -0.0352. The maximum atomic E-state index is 12.5. The van der Waals surface area contributed by atoms with Gasteiger partial charge in [0.2, 0.25) is 0 Å². The first kappa shape index (κ1) is 12.8. The van der Waals surface area contributed by atoms with Gasteiger partial charge in [0.25, 0.3) is 0 Å². The maximum Gasteiger partial charge on any atom is 0.328 e. The SMILES string of the molecule is CC1(C)C[C@H]2C[C@@](C)(CN2C(=O)N2CCNC2=O)C1. The smallest absolute Gasteiger partial charge is 0.328 e. The summed E-state index contributed by atoms with van der Waals surface area (Å²) in [5, 5.41) is 2.70. The zero-order valence-electron chi connectivity index (χ0n) is 12.0. The van der Waals surface area contributed by atoms with E-state index in [0.29, 0.717) is 24.5 Å². The van der Waals surface area contributed by atoms with Gasteiger partial charge >= 0.3 is 12.1 Å². The number of nitrogens with zero attached hydrogens (tertiary/aromatic N) is 2. The third-order valence-electron chi connectivity index (χ3n) is 4.75. The predicted octanol–water partition coefficient (Wildman–Crippen LogP) is 2.03. The van der Waals surface area contributed by atoms with Gasteiger partial charge in [-0.25, -0.2) is 14.5 Å². The van der Waals surface area contributed by atoms with Gasteiger partial charge in [-0.3, -0.25) is 0 Å². The molecule has 0 aromatic heterocycles. The molecule has 5 heteroatoms. The van der Waals surface area contributed by atoms with Gasteiger partial charge in [0.15, 0.2) is 0 Å². The Labute approximate surface area is 114 Å². The third kappa shape index (κ3) is 2.09. The van der Waals surface area contributed by atoms with Crippen LogP contribution in [0.25, 0.3) is 0 Å². The highest BCUT2D eigenvalue weighted by atomic mass is 16.2. The van der Waals surface area contributed by atoms with Gasteiger partial charge in [-0.1, -0.05) is 20.8 Å². The Balaban J connectivity index is 1.80. The van der Waals surface area contributed by atoms with Gasteiger partial charge in [-0.15, -0.1) is 0 Å². The Morgan fingerprint density at radius 1 is 1.32 bits per heavy atom. The number of carbonyl (C=O) groups is 2. The highest BCUT2D eigenvalue weighted by molar-refractivity contribution is 5.95. The lowest BCUT2D eigenvalue weighted by Crippen LogP contribution is -2.47. The van der Waals surface area contributed by atoms with Gasteiger partial charge in [0.1, 0.15) is 0 Å². The molecule has 3 fully saturated rings. The van der Waals surface area contributed by atoms with Gasteiger partial charge < -0.3 is 10.2 Å². The van der Waals surface area contributed by atoms with Crippen molar-refractivity contribution in [3.05, 3.63) is 0 Å². The highest BCUT2D eigenvalue weighted by Crippen LogP contribution is 2.52. The fraction of sp³-hybridized carbons (Fsp3) is 0.857. The monoisotopic (exact) mass is 265 g/mol. The topological polar surface area (TPSA) is 52.7 Å². The minimum atomic E-state index is -0.240. The number of fused-ring (bicyclic) bond motifs is 2. The van der Waals surface area contributed by atoms with Gasteiger partial charge in [0, 0.05) is 25.7 Å². The van der Waals surface area contributed by atoms with E-state index in [-0.39, 0.29) is 17.5 Å². The molecule has 4 amide bonds. The number of urea groups is 2. The second-order valence-electron chi connectivity index (χ2n) is 7.51. The Hall–Kier alpha value is -1.26. The zero-order chi connectivity index (χ0) is 13.8. The van der Waals surface area contributed by atoms with Crippen LogP contribution in [0.2, 0.25) is 0 Å². The summed E-state index contributed by atoms with van der Waals surface area (Å²) in [5.74, 6) is 0. The van der Waals surface area contributed by atoms with E-state index in [1.54, 1.807) is 0 Å². The minimum Gasteiger partial charge on any atom is -0.336 e. The summed E-state index contributed by atoms with van der Waals surface area (Å²) in [4.78, 5) is 27.5. The van der Waals surface area contributed by atoms with Crippen LogP contribution in [0.3, 0.4) is 0 Å². The van der Waals surface area contributed by atoms with Crippen LogP contribution in [0, 0.1) is 10.8 Å². The number of amides is 4. The molecule has 2 bridgehead atoms. The fourth-order valence-corrected chi connectivity index (χ4v) is 4.49. The van der Waals surface area contributed by atoms with Crippen LogP contribution in [0.15, 0.2) is 0 Å². The second-order valence-corrected chi connectivity index (χ2v) is 7.51. The first-order chi connectivity index (χ1) is 8.80. The molecule has 0 radical (unpaired) electrons. The van der Waals surface area contributed by atoms with E-state index >= 15 is 0 Å². The van der Waals surface area contributed by atoms with Gasteiger partial charge in [-0.05, 0) is 30.1 Å². The summed E-state index contributed by atoms with van der Waals surface area (Å²) in [7, 11) is 0. The molecule has 0 aromatic carbocycles. The normalized spacial score (nSPS) is 36.6. The van der Waals surface area contributed by atoms with Crippen LogP contribution < -0.4 is 5.32 Å². The van der Waals surface area contributed by atoms with Crippen molar-refractivity contribution in [1.29, 1.82) is 0 Å². The molecule has 2 saturated heterocycles. The molecular weight excluding hydrogens is 242 g/mol. The van der Waals surface area contributed by atoms with Crippen molar-refractivity contribution >= 4 is 12.1 Å². The lowest BCUT2D eigenvalue weighted by molar-refractivity contribution is 0.125. The van der Waals surface area contributed by atoms with Crippen LogP contribution >= 0.6 is 0 Å². The van der Waals surface area contributed by atoms with Crippen LogP contribution in [-0.4, -0.2) is 47.5 Å². The molecule has 19 heavy (non-hydrogen) atoms. The third-order valence-corrected chi connectivity index (χ3v) is 4.75. The van der Waals surface area contributed by atoms with Crippen molar-refractivity contribution < 1.29 is 9.59 Å². The van der Waals surface area contributed by atoms with Gasteiger partial charge in [-0.2, -0.15) is 0 Å². The molecule has 2 heterocycles. The maximum absolute atomic E-state index is 12.5. The molecule has 1 N–H and O–H groups in total. The van der Waals surface area contributed by atoms with Crippen molar-refractivity contribution in [2.75, 3.05) is 19.6 Å². The highest BCUT2D eigenvalue weighted by Gasteiger charge is 2.52. The number of hydrogen-bond donors (Lipinski definition) is 1. The van der Waals surface area contributed by atoms with Crippen LogP contribution in [0.4, 0.5) is 9.59 Å². The first-order valence-corrected chi connectivity index (χ1v) is 7.16. The van der Waals surface area contributed by atoms with Crippen molar-refractivity contribution in [3.63, 3.8) is 0 Å². The summed E-state index contributed by atoms with van der Waals surface area (Å²) < 4.78 is 0. The molecule has 1 saturated carbocycles. The van der Waals surface area contributed by atoms with Crippen molar-refractivity contribution in [3.8, 4) is 0 Å². The molecule has 0 spiro atoms. The summed E-state index contributed by atoms with van der Waals surface area (Å²) in [5.41, 5.74) is 0.512. The van der Waals surface area contributed by atoms with E-state index in [9.17, 15) is 9.59 Å². The van der Waals surface area contributed by atoms with Crippen molar-refractivity contribution in [1.82, 2.24) is 15.1 Å². The van der Waals surface area contributed by atoms with Crippen molar-refractivity contribution in [2.45, 2.75) is 46.1 Å². The number of imide groups is 1. The lowest BCUT2D eigenvalue weighted by Gasteiger charge is -2.39. The number of hydrogen-bond acceptors (Lipinski definition) is 2. The first-order valence-electron chi connectivity index (χ1n) is 7.16. The fourth-order valence-electron chi connectivity index (χ4n) is 4.49. The quantitative estimate of drug-likeness (QED) is 0.728. The van der Waals surface area contributed by atoms with E-state index in [1.807, 2.05) is 4.90 Å². The van der Waals surface area contributed by atoms with E-state index in [4.69, 9.17) is 0 Å². The lowest BCUT2D eigenvalue weighted by atomic mass is 9.65.